The Hall–Kier alpha value is -4.10. The summed E-state index contributed by atoms with van der Waals surface area (Å²) in [6.45, 7) is 10.1. The van der Waals surface area contributed by atoms with Gasteiger partial charge in [0.15, 0.2) is 0 Å². The number of hydrogen-bond donors (Lipinski definition) is 5. The summed E-state index contributed by atoms with van der Waals surface area (Å²) in [6, 6.07) is 16.3. The summed E-state index contributed by atoms with van der Waals surface area (Å²) in [4.78, 5) is 14.0. The van der Waals surface area contributed by atoms with Gasteiger partial charge in [0.2, 0.25) is 0 Å². The summed E-state index contributed by atoms with van der Waals surface area (Å²) in [7, 11) is 1.78. The monoisotopic (exact) mass is 647 g/mol. The Bertz CT molecular complexity index is 1570. The van der Waals surface area contributed by atoms with Crippen molar-refractivity contribution in [1.29, 1.82) is 0 Å². The summed E-state index contributed by atoms with van der Waals surface area (Å²) in [6.07, 6.45) is 1.37. The van der Waals surface area contributed by atoms with Gasteiger partial charge in [-0.15, -0.1) is 0 Å². The highest BCUT2D eigenvalue weighted by Crippen LogP contribution is 2.22. The van der Waals surface area contributed by atoms with E-state index in [0.717, 1.165) is 30.9 Å². The molecule has 0 saturated carbocycles. The summed E-state index contributed by atoms with van der Waals surface area (Å²) in [5.41, 5.74) is 2.40. The van der Waals surface area contributed by atoms with Crippen LogP contribution < -0.4 is 16.0 Å². The Labute approximate surface area is 278 Å². The Kier molecular flexibility index (Phi) is 14.5. The Balaban J connectivity index is 1.98. The van der Waals surface area contributed by atoms with Crippen LogP contribution in [0.1, 0.15) is 78.7 Å². The third-order valence-corrected chi connectivity index (χ3v) is 7.93. The van der Waals surface area contributed by atoms with Gasteiger partial charge in [-0.3, -0.25) is 4.79 Å². The fourth-order valence-corrected chi connectivity index (χ4v) is 5.49. The zero-order valence-electron chi connectivity index (χ0n) is 28.2. The summed E-state index contributed by atoms with van der Waals surface area (Å²) >= 11 is 0. The highest BCUT2D eigenvalue weighted by Gasteiger charge is 2.36. The first-order valence-electron chi connectivity index (χ1n) is 16.4. The normalized spacial score (nSPS) is 12.9. The maximum atomic E-state index is 14.2. The molecule has 0 spiro atoms. The van der Waals surface area contributed by atoms with E-state index in [1.807, 2.05) is 30.6 Å². The lowest BCUT2D eigenvalue weighted by atomic mass is 9.86. The van der Waals surface area contributed by atoms with Gasteiger partial charge in [-0.2, -0.15) is 4.58 Å². The lowest BCUT2D eigenvalue weighted by molar-refractivity contribution is -0.534. The topological polar surface area (TPSA) is 96.6 Å². The highest BCUT2D eigenvalue weighted by atomic mass is 19.1. The molecule has 0 aliphatic heterocycles. The highest BCUT2D eigenvalue weighted by molar-refractivity contribution is 5.98. The van der Waals surface area contributed by atoms with Crippen LogP contribution in [-0.4, -0.2) is 71.5 Å². The van der Waals surface area contributed by atoms with Crippen LogP contribution in [0.25, 0.3) is 0 Å². The van der Waals surface area contributed by atoms with Gasteiger partial charge in [-0.1, -0.05) is 56.9 Å². The maximum Gasteiger partial charge on any atom is 0.367 e. The van der Waals surface area contributed by atoms with Crippen LogP contribution in [0.4, 0.5) is 8.78 Å². The Morgan fingerprint density at radius 3 is 2.23 bits per heavy atom. The van der Waals surface area contributed by atoms with E-state index in [9.17, 15) is 23.8 Å². The number of benzene rings is 3. The van der Waals surface area contributed by atoms with Crippen LogP contribution in [0.2, 0.25) is 0 Å². The van der Waals surface area contributed by atoms with E-state index in [0.29, 0.717) is 37.3 Å². The molecule has 1 amide bonds. The van der Waals surface area contributed by atoms with Crippen molar-refractivity contribution < 1.29 is 28.4 Å². The van der Waals surface area contributed by atoms with Crippen LogP contribution in [0, 0.1) is 23.5 Å². The average Bonchev–Trinajstić information content (AvgIpc) is 3.03. The number of aryl methyl sites for hydroxylation is 1. The van der Waals surface area contributed by atoms with Gasteiger partial charge in [0.05, 0.1) is 23.8 Å². The average molecular weight is 648 g/mol. The standard InChI is InChI=1S/C38H48F2N4O3/c1-6-15-44(16-7-2)37(47)32-19-28(13-10-14-41-5)18-31(22-32)36(46)43-38(4,24-30-20-33(39)23-34(40)21-30)35(45)26-42-25-29-12-9-11-27(8-3)17-29/h9,11-12,17-23,35,41-42,45H,6-8,14-16,24-26H2,1-5H3,(H,43,46)/p+1/t35-,38+/m1/s1. The first-order valence-corrected chi connectivity index (χ1v) is 16.4. The third-order valence-electron chi connectivity index (χ3n) is 7.93. The molecular weight excluding hydrogens is 598 g/mol. The molecule has 3 aromatic rings. The van der Waals surface area contributed by atoms with Crippen molar-refractivity contribution in [2.75, 3.05) is 33.2 Å². The van der Waals surface area contributed by atoms with Gasteiger partial charge >= 0.3 is 5.90 Å². The molecule has 0 aliphatic rings. The fourth-order valence-electron chi connectivity index (χ4n) is 5.49. The van der Waals surface area contributed by atoms with Gasteiger partial charge < -0.3 is 26.2 Å². The molecule has 3 rings (SSSR count). The predicted molar refractivity (Wildman–Crippen MR) is 184 cm³/mol. The van der Waals surface area contributed by atoms with E-state index >= 15 is 0 Å². The largest absolute Gasteiger partial charge is 0.460 e. The molecule has 0 unspecified atom stereocenters. The van der Waals surface area contributed by atoms with Gasteiger partial charge in [-0.05, 0) is 73.8 Å². The van der Waals surface area contributed by atoms with Crippen molar-refractivity contribution in [3.8, 4) is 11.8 Å². The number of carbonyl (C=O) groups is 1. The van der Waals surface area contributed by atoms with Crippen molar-refractivity contribution in [2.24, 2.45) is 0 Å². The van der Waals surface area contributed by atoms with Crippen LogP contribution in [0.15, 0.2) is 60.7 Å². The van der Waals surface area contributed by atoms with Crippen molar-refractivity contribution in [2.45, 2.75) is 71.6 Å². The van der Waals surface area contributed by atoms with Gasteiger partial charge in [0.25, 0.3) is 5.91 Å². The second kappa shape index (κ2) is 18.3. The molecule has 7 nitrogen and oxygen atoms in total. The molecule has 0 radical (unpaired) electrons. The van der Waals surface area contributed by atoms with E-state index in [2.05, 4.69) is 46.8 Å². The number of hydrogen-bond acceptors (Lipinski definition) is 4. The molecule has 5 N–H and O–H groups in total. The Morgan fingerprint density at radius 1 is 0.936 bits per heavy atom. The zero-order valence-corrected chi connectivity index (χ0v) is 28.2. The number of aliphatic hydroxyl groups is 2. The fraction of sp³-hybridized carbons (Fsp3) is 0.421. The molecule has 47 heavy (non-hydrogen) atoms. The van der Waals surface area contributed by atoms with Crippen LogP contribution >= 0.6 is 0 Å². The van der Waals surface area contributed by atoms with E-state index in [4.69, 9.17) is 0 Å². The number of rotatable bonds is 16. The van der Waals surface area contributed by atoms with Crippen molar-refractivity contribution >= 4 is 11.8 Å². The van der Waals surface area contributed by atoms with Crippen LogP contribution in [-0.2, 0) is 19.4 Å². The predicted octanol–water partition coefficient (Wildman–Crippen LogP) is 5.12. The molecule has 0 heterocycles. The molecule has 2 atom stereocenters. The first kappa shape index (κ1) is 37.4. The number of nitrogens with one attached hydrogen (secondary N) is 3. The number of carbonyl (C=O) groups excluding carboxylic acids is 1. The third kappa shape index (κ3) is 11.3. The molecule has 0 aliphatic carbocycles. The molecule has 0 fully saturated rings. The number of aliphatic hydroxyl groups excluding tert-OH is 2. The number of halogens is 2. The SMILES string of the molecule is CCC[N+](CCC)=C(O)c1cc(C#CCNC)cc(C(=O)N[C@@](C)(Cc2cc(F)cc(F)c2)[C@H](O)CNCc2cccc(CC)c2)c1. The van der Waals surface area contributed by atoms with E-state index in [1.165, 1.54) is 17.7 Å². The zero-order chi connectivity index (χ0) is 34.4. The van der Waals surface area contributed by atoms with Crippen molar-refractivity contribution in [1.82, 2.24) is 16.0 Å². The summed E-state index contributed by atoms with van der Waals surface area (Å²) in [5.74, 6) is 4.08. The number of amides is 1. The summed E-state index contributed by atoms with van der Waals surface area (Å²) < 4.78 is 30.3. The van der Waals surface area contributed by atoms with Crippen LogP contribution in [0.5, 0.6) is 0 Å². The minimum atomic E-state index is -1.34. The van der Waals surface area contributed by atoms with Crippen molar-refractivity contribution in [3.05, 3.63) is 106 Å². The number of nitrogens with zero attached hydrogens (tertiary/aromatic N) is 1. The lowest BCUT2D eigenvalue weighted by Gasteiger charge is -2.36. The molecule has 252 valence electrons. The molecule has 0 aromatic heterocycles. The molecule has 3 aromatic carbocycles. The second-order valence-electron chi connectivity index (χ2n) is 12.1. The first-order chi connectivity index (χ1) is 22.5. The molecule has 9 heteroatoms. The smallest absolute Gasteiger partial charge is 0.367 e. The minimum absolute atomic E-state index is 0.0474. The van der Waals surface area contributed by atoms with E-state index in [1.54, 1.807) is 32.2 Å². The maximum absolute atomic E-state index is 14.2. The summed E-state index contributed by atoms with van der Waals surface area (Å²) in [5, 5.41) is 32.0. The quantitative estimate of drug-likeness (QED) is 0.0645. The van der Waals surface area contributed by atoms with E-state index < -0.39 is 29.2 Å². The van der Waals surface area contributed by atoms with Gasteiger partial charge in [0.1, 0.15) is 24.7 Å². The van der Waals surface area contributed by atoms with Gasteiger partial charge in [-0.25, -0.2) is 8.78 Å². The molecule has 0 saturated heterocycles. The van der Waals surface area contributed by atoms with Crippen molar-refractivity contribution in [3.63, 3.8) is 0 Å². The second-order valence-corrected chi connectivity index (χ2v) is 12.1. The molecule has 0 bridgehead atoms. The van der Waals surface area contributed by atoms with Gasteiger partial charge in [0, 0.05) is 43.1 Å². The van der Waals surface area contributed by atoms with Crippen LogP contribution in [0.3, 0.4) is 0 Å². The van der Waals surface area contributed by atoms with E-state index in [-0.39, 0.29) is 30.0 Å². The minimum Gasteiger partial charge on any atom is -0.460 e. The lowest BCUT2D eigenvalue weighted by Crippen LogP contribution is -2.58. The Morgan fingerprint density at radius 2 is 1.60 bits per heavy atom. The molecular formula is C38H49F2N4O3+.